The molecule has 0 atom stereocenters. The van der Waals surface area contributed by atoms with Crippen LogP contribution >= 0.6 is 11.6 Å². The predicted octanol–water partition coefficient (Wildman–Crippen LogP) is 5.12. The Hall–Kier alpha value is -3.32. The van der Waals surface area contributed by atoms with E-state index in [4.69, 9.17) is 25.9 Å². The number of rotatable bonds is 7. The Bertz CT molecular complexity index is 1080. The van der Waals surface area contributed by atoms with Crippen LogP contribution in [0.3, 0.4) is 0 Å². The molecule has 1 aliphatic carbocycles. The molecule has 3 aromatic rings. The molecular weight excluding hydrogens is 418 g/mol. The van der Waals surface area contributed by atoms with Gasteiger partial charge < -0.3 is 14.3 Å². The number of hydrogen-bond donors (Lipinski definition) is 1. The average Bonchev–Trinajstić information content (AvgIpc) is 2.73. The zero-order chi connectivity index (χ0) is 21.8. The minimum Gasteiger partial charge on any atom is -0.492 e. The highest BCUT2D eigenvalue weighted by Crippen LogP contribution is 2.39. The highest BCUT2D eigenvalue weighted by Gasteiger charge is 2.26. The van der Waals surface area contributed by atoms with Crippen molar-refractivity contribution >= 4 is 17.5 Å². The first kappa shape index (κ1) is 20.9. The number of hydrogen-bond acceptors (Lipinski definition) is 6. The van der Waals surface area contributed by atoms with Gasteiger partial charge in [-0.25, -0.2) is 9.97 Å². The highest BCUT2D eigenvalue weighted by atomic mass is 35.5. The molecule has 0 radical (unpaired) electrons. The quantitative estimate of drug-likeness (QED) is 0.515. The van der Waals surface area contributed by atoms with Gasteiger partial charge in [0.1, 0.15) is 5.75 Å². The Morgan fingerprint density at radius 1 is 1.13 bits per heavy atom. The van der Waals surface area contributed by atoms with Crippen LogP contribution in [0.25, 0.3) is 11.1 Å². The molecule has 31 heavy (non-hydrogen) atoms. The van der Waals surface area contributed by atoms with Gasteiger partial charge in [0.15, 0.2) is 11.5 Å². The Labute approximate surface area is 185 Å². The number of carbonyl (C=O) groups excluding carboxylic acids is 1. The van der Waals surface area contributed by atoms with Gasteiger partial charge in [-0.05, 0) is 49.1 Å². The van der Waals surface area contributed by atoms with Gasteiger partial charge in [0, 0.05) is 11.5 Å². The summed E-state index contributed by atoms with van der Waals surface area (Å²) in [5.74, 6) is 1.55. The van der Waals surface area contributed by atoms with Crippen molar-refractivity contribution < 1.29 is 19.1 Å². The number of para-hydroxylation sites is 1. The van der Waals surface area contributed by atoms with E-state index in [1.54, 1.807) is 13.2 Å². The second kappa shape index (κ2) is 9.22. The summed E-state index contributed by atoms with van der Waals surface area (Å²) in [6.45, 7) is 1.93. The number of halogens is 1. The van der Waals surface area contributed by atoms with Crippen LogP contribution in [0.5, 0.6) is 23.3 Å². The molecular formula is C23H22ClN3O4. The first-order valence-electron chi connectivity index (χ1n) is 9.95. The van der Waals surface area contributed by atoms with Gasteiger partial charge in [0.2, 0.25) is 0 Å². The fraction of sp³-hybridized carbons (Fsp3) is 0.261. The van der Waals surface area contributed by atoms with E-state index in [1.807, 2.05) is 37.3 Å². The molecule has 1 amide bonds. The summed E-state index contributed by atoms with van der Waals surface area (Å²) in [6, 6.07) is 11.5. The SMILES string of the molecule is COc1c(ONC(=O)C2CCC2)cccc1-c1ccc(Oc2ncc(Cl)cn2)c(C)c1. The van der Waals surface area contributed by atoms with Crippen molar-refractivity contribution in [3.05, 3.63) is 59.4 Å². The molecule has 4 rings (SSSR count). The van der Waals surface area contributed by atoms with Crippen LogP contribution < -0.4 is 19.8 Å². The fourth-order valence-electron chi connectivity index (χ4n) is 3.28. The van der Waals surface area contributed by atoms with E-state index < -0.39 is 0 Å². The number of aryl methyl sites for hydroxylation is 1. The normalized spacial score (nSPS) is 13.3. The van der Waals surface area contributed by atoms with E-state index in [2.05, 4.69) is 15.4 Å². The van der Waals surface area contributed by atoms with Crippen LogP contribution in [-0.2, 0) is 4.79 Å². The standard InChI is InChI=1S/C23H22ClN3O4/c1-14-11-16(9-10-19(14)30-23-25-12-17(24)13-26-23)18-7-4-8-20(21(18)29-2)31-27-22(28)15-5-3-6-15/h4,7-13,15H,3,5-6H2,1-2H3,(H,27,28). The maximum absolute atomic E-state index is 12.1. The van der Waals surface area contributed by atoms with Crippen LogP contribution in [0.1, 0.15) is 24.8 Å². The Kier molecular flexibility index (Phi) is 6.23. The Balaban J connectivity index is 1.54. The number of nitrogens with one attached hydrogen (secondary N) is 1. The first-order chi connectivity index (χ1) is 15.0. The first-order valence-corrected chi connectivity index (χ1v) is 10.3. The van der Waals surface area contributed by atoms with Gasteiger partial charge in [-0.1, -0.05) is 36.2 Å². The van der Waals surface area contributed by atoms with E-state index in [0.717, 1.165) is 36.0 Å². The number of benzene rings is 2. The van der Waals surface area contributed by atoms with Gasteiger partial charge in [-0.3, -0.25) is 4.79 Å². The third-order valence-corrected chi connectivity index (χ3v) is 5.40. The minimum absolute atomic E-state index is 0.0361. The number of methoxy groups -OCH3 is 1. The minimum atomic E-state index is -0.0968. The lowest BCUT2D eigenvalue weighted by Gasteiger charge is -2.24. The van der Waals surface area contributed by atoms with Crippen molar-refractivity contribution in [3.8, 4) is 34.4 Å². The van der Waals surface area contributed by atoms with Crippen LogP contribution in [0.15, 0.2) is 48.8 Å². The van der Waals surface area contributed by atoms with Crippen molar-refractivity contribution in [1.29, 1.82) is 0 Å². The monoisotopic (exact) mass is 439 g/mol. The zero-order valence-corrected chi connectivity index (χ0v) is 18.0. The second-order valence-electron chi connectivity index (χ2n) is 7.30. The molecule has 160 valence electrons. The van der Waals surface area contributed by atoms with Crippen LogP contribution in [0, 0.1) is 12.8 Å². The van der Waals surface area contributed by atoms with Crippen molar-refractivity contribution in [2.24, 2.45) is 5.92 Å². The summed E-state index contributed by atoms with van der Waals surface area (Å²) in [7, 11) is 1.57. The smallest absolute Gasteiger partial charge is 0.321 e. The molecule has 1 saturated carbocycles. The Morgan fingerprint density at radius 2 is 1.90 bits per heavy atom. The van der Waals surface area contributed by atoms with Gasteiger partial charge in [-0.2, -0.15) is 5.48 Å². The fourth-order valence-corrected chi connectivity index (χ4v) is 3.37. The maximum atomic E-state index is 12.1. The summed E-state index contributed by atoms with van der Waals surface area (Å²) < 4.78 is 11.4. The number of nitrogens with zero attached hydrogens (tertiary/aromatic N) is 2. The third kappa shape index (κ3) is 4.72. The van der Waals surface area contributed by atoms with Gasteiger partial charge in [0.05, 0.1) is 24.5 Å². The van der Waals surface area contributed by atoms with E-state index in [-0.39, 0.29) is 17.8 Å². The van der Waals surface area contributed by atoms with E-state index in [0.29, 0.717) is 22.3 Å². The topological polar surface area (TPSA) is 82.6 Å². The molecule has 1 aliphatic rings. The number of ether oxygens (including phenoxy) is 2. The van der Waals surface area contributed by atoms with Crippen LogP contribution in [-0.4, -0.2) is 23.0 Å². The summed E-state index contributed by atoms with van der Waals surface area (Å²) in [4.78, 5) is 25.8. The lowest BCUT2D eigenvalue weighted by atomic mass is 9.85. The average molecular weight is 440 g/mol. The van der Waals surface area contributed by atoms with Crippen LogP contribution in [0.4, 0.5) is 0 Å². The molecule has 1 aromatic heterocycles. The summed E-state index contributed by atoms with van der Waals surface area (Å²) in [6.07, 6.45) is 5.85. The van der Waals surface area contributed by atoms with Gasteiger partial charge >= 0.3 is 6.01 Å². The van der Waals surface area contributed by atoms with E-state index in [9.17, 15) is 4.79 Å². The van der Waals surface area contributed by atoms with Crippen molar-refractivity contribution in [3.63, 3.8) is 0 Å². The third-order valence-electron chi connectivity index (χ3n) is 5.20. The largest absolute Gasteiger partial charge is 0.492 e. The number of hydroxylamine groups is 1. The molecule has 1 heterocycles. The van der Waals surface area contributed by atoms with Crippen LogP contribution in [0.2, 0.25) is 5.02 Å². The van der Waals surface area contributed by atoms with E-state index >= 15 is 0 Å². The molecule has 0 saturated heterocycles. The van der Waals surface area contributed by atoms with Crippen molar-refractivity contribution in [1.82, 2.24) is 15.4 Å². The number of amides is 1. The lowest BCUT2D eigenvalue weighted by Crippen LogP contribution is -2.36. The number of aromatic nitrogens is 2. The van der Waals surface area contributed by atoms with Gasteiger partial charge in [0.25, 0.3) is 5.91 Å². The molecule has 0 bridgehead atoms. The maximum Gasteiger partial charge on any atom is 0.321 e. The summed E-state index contributed by atoms with van der Waals surface area (Å²) >= 11 is 5.82. The summed E-state index contributed by atoms with van der Waals surface area (Å²) in [5, 5.41) is 0.442. The molecule has 8 heteroatoms. The lowest BCUT2D eigenvalue weighted by molar-refractivity contribution is -0.134. The molecule has 1 N–H and O–H groups in total. The predicted molar refractivity (Wildman–Crippen MR) is 116 cm³/mol. The highest BCUT2D eigenvalue weighted by molar-refractivity contribution is 6.30. The molecule has 0 aliphatic heterocycles. The molecule has 1 fully saturated rings. The van der Waals surface area contributed by atoms with Crippen molar-refractivity contribution in [2.75, 3.05) is 7.11 Å². The number of carbonyl (C=O) groups is 1. The zero-order valence-electron chi connectivity index (χ0n) is 17.2. The van der Waals surface area contributed by atoms with Crippen molar-refractivity contribution in [2.45, 2.75) is 26.2 Å². The molecule has 0 unspecified atom stereocenters. The molecule has 7 nitrogen and oxygen atoms in total. The molecule has 0 spiro atoms. The molecule has 2 aromatic carbocycles. The summed E-state index contributed by atoms with van der Waals surface area (Å²) in [5.41, 5.74) is 5.18. The van der Waals surface area contributed by atoms with E-state index in [1.165, 1.54) is 12.4 Å². The Morgan fingerprint density at radius 3 is 2.55 bits per heavy atom. The second-order valence-corrected chi connectivity index (χ2v) is 7.74. The van der Waals surface area contributed by atoms with Gasteiger partial charge in [-0.15, -0.1) is 0 Å².